The summed E-state index contributed by atoms with van der Waals surface area (Å²) >= 11 is 1.59. The highest BCUT2D eigenvalue weighted by atomic mass is 32.1. The van der Waals surface area contributed by atoms with Crippen molar-refractivity contribution in [3.63, 3.8) is 0 Å². The van der Waals surface area contributed by atoms with Gasteiger partial charge in [0.15, 0.2) is 0 Å². The average molecular weight is 282 g/mol. The van der Waals surface area contributed by atoms with Crippen molar-refractivity contribution < 1.29 is 14.7 Å². The lowest BCUT2D eigenvalue weighted by Gasteiger charge is -2.34. The van der Waals surface area contributed by atoms with Crippen molar-refractivity contribution in [3.8, 4) is 0 Å². The third-order valence-electron chi connectivity index (χ3n) is 3.29. The third-order valence-corrected chi connectivity index (χ3v) is 4.17. The van der Waals surface area contributed by atoms with Crippen molar-refractivity contribution in [1.82, 2.24) is 10.2 Å². The highest BCUT2D eigenvalue weighted by Gasteiger charge is 2.31. The van der Waals surface area contributed by atoms with Crippen molar-refractivity contribution in [3.05, 3.63) is 22.4 Å². The molecule has 1 aliphatic rings. The molecule has 0 aliphatic carbocycles. The fourth-order valence-corrected chi connectivity index (χ4v) is 3.03. The lowest BCUT2D eigenvalue weighted by molar-refractivity contribution is -0.143. The fraction of sp³-hybridized carbons (Fsp3) is 0.538. The summed E-state index contributed by atoms with van der Waals surface area (Å²) in [6.45, 7) is 3.41. The molecule has 1 aromatic rings. The van der Waals surface area contributed by atoms with Gasteiger partial charge in [-0.05, 0) is 23.8 Å². The van der Waals surface area contributed by atoms with Gasteiger partial charge in [-0.2, -0.15) is 0 Å². The number of urea groups is 1. The number of rotatable bonds is 3. The van der Waals surface area contributed by atoms with Crippen LogP contribution in [0.3, 0.4) is 0 Å². The summed E-state index contributed by atoms with van der Waals surface area (Å²) in [6.07, 6.45) is 0.643. The molecule has 2 rings (SSSR count). The number of carboxylic acids is 1. The van der Waals surface area contributed by atoms with Gasteiger partial charge in [0.2, 0.25) is 0 Å². The first kappa shape index (κ1) is 13.9. The number of hydrogen-bond donors (Lipinski definition) is 2. The van der Waals surface area contributed by atoms with E-state index in [0.29, 0.717) is 26.1 Å². The van der Waals surface area contributed by atoms with Crippen molar-refractivity contribution >= 4 is 23.3 Å². The molecule has 1 aromatic heterocycles. The molecular weight excluding hydrogens is 264 g/mol. The molecule has 19 heavy (non-hydrogen) atoms. The molecule has 2 atom stereocenters. The maximum atomic E-state index is 12.0. The number of thiophene rings is 1. The highest BCUT2D eigenvalue weighted by molar-refractivity contribution is 7.09. The predicted octanol–water partition coefficient (Wildman–Crippen LogP) is 2.00. The van der Waals surface area contributed by atoms with E-state index in [1.165, 1.54) is 0 Å². The van der Waals surface area contributed by atoms with Crippen LogP contribution in [-0.4, -0.2) is 35.1 Å². The van der Waals surface area contributed by atoms with Gasteiger partial charge in [0.25, 0.3) is 0 Å². The first-order valence-electron chi connectivity index (χ1n) is 6.34. The Morgan fingerprint density at radius 1 is 1.53 bits per heavy atom. The van der Waals surface area contributed by atoms with Crippen LogP contribution in [-0.2, 0) is 11.3 Å². The number of aliphatic carboxylic acids is 1. The Kier molecular flexibility index (Phi) is 4.42. The van der Waals surface area contributed by atoms with Crippen LogP contribution in [0.2, 0.25) is 0 Å². The summed E-state index contributed by atoms with van der Waals surface area (Å²) in [7, 11) is 0. The normalized spacial score (nSPS) is 23.1. The molecule has 104 valence electrons. The van der Waals surface area contributed by atoms with Crippen LogP contribution in [0.15, 0.2) is 17.5 Å². The number of nitrogens with zero attached hydrogens (tertiary/aromatic N) is 1. The van der Waals surface area contributed by atoms with Gasteiger partial charge in [0, 0.05) is 18.0 Å². The van der Waals surface area contributed by atoms with Gasteiger partial charge in [0.1, 0.15) is 0 Å². The van der Waals surface area contributed by atoms with E-state index in [2.05, 4.69) is 5.32 Å². The van der Waals surface area contributed by atoms with Gasteiger partial charge < -0.3 is 15.3 Å². The summed E-state index contributed by atoms with van der Waals surface area (Å²) in [5.74, 6) is -1.04. The zero-order valence-electron chi connectivity index (χ0n) is 10.8. The molecule has 5 nitrogen and oxygen atoms in total. The quantitative estimate of drug-likeness (QED) is 0.891. The molecule has 2 N–H and O–H groups in total. The van der Waals surface area contributed by atoms with Gasteiger partial charge in [0.05, 0.1) is 12.5 Å². The van der Waals surface area contributed by atoms with Crippen LogP contribution in [0, 0.1) is 11.8 Å². The molecular formula is C13H18N2O3S. The minimum Gasteiger partial charge on any atom is -0.481 e. The Hall–Kier alpha value is -1.56. The monoisotopic (exact) mass is 282 g/mol. The Morgan fingerprint density at radius 3 is 2.95 bits per heavy atom. The van der Waals surface area contributed by atoms with Crippen molar-refractivity contribution in [2.45, 2.75) is 19.9 Å². The van der Waals surface area contributed by atoms with E-state index in [1.54, 1.807) is 16.2 Å². The first-order chi connectivity index (χ1) is 9.06. The summed E-state index contributed by atoms with van der Waals surface area (Å²) < 4.78 is 0. The van der Waals surface area contributed by atoms with E-state index >= 15 is 0 Å². The molecule has 0 radical (unpaired) electrons. The molecule has 6 heteroatoms. The number of likely N-dealkylation sites (tertiary alicyclic amines) is 1. The third kappa shape index (κ3) is 3.70. The number of carboxylic acid groups (broad SMARTS) is 1. The molecule has 1 saturated heterocycles. The molecule has 2 amide bonds. The smallest absolute Gasteiger partial charge is 0.317 e. The van der Waals surface area contributed by atoms with E-state index in [9.17, 15) is 9.59 Å². The van der Waals surface area contributed by atoms with E-state index in [-0.39, 0.29) is 11.9 Å². The Balaban J connectivity index is 1.89. The number of carbonyl (C=O) groups is 2. The second-order valence-electron chi connectivity index (χ2n) is 5.02. The molecule has 0 saturated carbocycles. The minimum absolute atomic E-state index is 0.175. The van der Waals surface area contributed by atoms with Gasteiger partial charge in [-0.25, -0.2) is 4.79 Å². The minimum atomic E-state index is -0.817. The molecule has 0 aromatic carbocycles. The molecule has 2 unspecified atom stereocenters. The second kappa shape index (κ2) is 6.06. The maximum Gasteiger partial charge on any atom is 0.317 e. The van der Waals surface area contributed by atoms with E-state index in [0.717, 1.165) is 4.88 Å². The summed E-state index contributed by atoms with van der Waals surface area (Å²) in [4.78, 5) is 25.8. The van der Waals surface area contributed by atoms with Crippen LogP contribution in [0.4, 0.5) is 4.79 Å². The predicted molar refractivity (Wildman–Crippen MR) is 73.0 cm³/mol. The van der Waals surface area contributed by atoms with Crippen LogP contribution in [0.5, 0.6) is 0 Å². The lowest BCUT2D eigenvalue weighted by Crippen LogP contribution is -2.49. The largest absolute Gasteiger partial charge is 0.481 e. The van der Waals surface area contributed by atoms with Crippen LogP contribution >= 0.6 is 11.3 Å². The zero-order chi connectivity index (χ0) is 13.8. The number of hydrogen-bond acceptors (Lipinski definition) is 3. The second-order valence-corrected chi connectivity index (χ2v) is 6.05. The molecule has 2 heterocycles. The number of amides is 2. The first-order valence-corrected chi connectivity index (χ1v) is 7.22. The van der Waals surface area contributed by atoms with E-state index < -0.39 is 11.9 Å². The van der Waals surface area contributed by atoms with Crippen molar-refractivity contribution in [2.75, 3.05) is 13.1 Å². The van der Waals surface area contributed by atoms with Gasteiger partial charge in [-0.15, -0.1) is 11.3 Å². The molecule has 0 bridgehead atoms. The summed E-state index contributed by atoms with van der Waals surface area (Å²) in [5, 5.41) is 13.9. The highest BCUT2D eigenvalue weighted by Crippen LogP contribution is 2.21. The number of nitrogens with one attached hydrogen (secondary N) is 1. The summed E-state index contributed by atoms with van der Waals surface area (Å²) in [5.41, 5.74) is 0. The van der Waals surface area contributed by atoms with E-state index in [4.69, 9.17) is 5.11 Å². The summed E-state index contributed by atoms with van der Waals surface area (Å²) in [6, 6.07) is 3.73. The molecule has 0 spiro atoms. The van der Waals surface area contributed by atoms with E-state index in [1.807, 2.05) is 24.4 Å². The Morgan fingerprint density at radius 2 is 2.32 bits per heavy atom. The maximum absolute atomic E-state index is 12.0. The topological polar surface area (TPSA) is 69.6 Å². The average Bonchev–Trinajstić information content (AvgIpc) is 2.88. The fourth-order valence-electron chi connectivity index (χ4n) is 2.38. The lowest BCUT2D eigenvalue weighted by atomic mass is 9.91. The molecule has 1 aliphatic heterocycles. The SMILES string of the molecule is CC1CC(C(=O)O)CN(C(=O)NCc2cccs2)C1. The number of piperidine rings is 1. The van der Waals surface area contributed by atoms with Crippen LogP contribution < -0.4 is 5.32 Å². The number of carbonyl (C=O) groups excluding carboxylic acids is 1. The van der Waals surface area contributed by atoms with Crippen molar-refractivity contribution in [1.29, 1.82) is 0 Å². The standard InChI is InChI=1S/C13H18N2O3S/c1-9-5-10(12(16)17)8-15(7-9)13(18)14-6-11-3-2-4-19-11/h2-4,9-10H,5-8H2,1H3,(H,14,18)(H,16,17). The molecule has 1 fully saturated rings. The van der Waals surface area contributed by atoms with Crippen molar-refractivity contribution in [2.24, 2.45) is 11.8 Å². The Labute approximate surface area is 116 Å². The van der Waals surface area contributed by atoms with Gasteiger partial charge in [-0.3, -0.25) is 4.79 Å². The van der Waals surface area contributed by atoms with Crippen LogP contribution in [0.25, 0.3) is 0 Å². The zero-order valence-corrected chi connectivity index (χ0v) is 11.7. The van der Waals surface area contributed by atoms with Gasteiger partial charge in [-0.1, -0.05) is 13.0 Å². The van der Waals surface area contributed by atoms with Gasteiger partial charge >= 0.3 is 12.0 Å². The Bertz CT molecular complexity index is 447. The van der Waals surface area contributed by atoms with Crippen LogP contribution in [0.1, 0.15) is 18.2 Å².